The predicted octanol–water partition coefficient (Wildman–Crippen LogP) is 2.00. The standard InChI is InChI=1S/C15H19NO4/c1-10-7-12(15(18)19)8-11(2)14(10)20-9-13(17)16-5-3-4-6-16/h7-8H,3-6,9H2,1-2H3,(H,18,19). The fraction of sp³-hybridized carbons (Fsp3) is 0.467. The zero-order chi connectivity index (χ0) is 14.7. The number of carboxylic acids is 1. The quantitative estimate of drug-likeness (QED) is 0.914. The molecule has 1 aromatic carbocycles. The van der Waals surface area contributed by atoms with Gasteiger partial charge in [-0.3, -0.25) is 4.79 Å². The summed E-state index contributed by atoms with van der Waals surface area (Å²) < 4.78 is 5.59. The highest BCUT2D eigenvalue weighted by atomic mass is 16.5. The molecule has 1 aliphatic heterocycles. The highest BCUT2D eigenvalue weighted by Gasteiger charge is 2.19. The van der Waals surface area contributed by atoms with Crippen molar-refractivity contribution in [1.82, 2.24) is 4.90 Å². The summed E-state index contributed by atoms with van der Waals surface area (Å²) in [5.74, 6) is -0.373. The van der Waals surface area contributed by atoms with Crippen LogP contribution in [0.5, 0.6) is 5.75 Å². The van der Waals surface area contributed by atoms with E-state index in [9.17, 15) is 9.59 Å². The van der Waals surface area contributed by atoms with E-state index in [1.54, 1.807) is 30.9 Å². The second kappa shape index (κ2) is 5.94. The van der Waals surface area contributed by atoms with Gasteiger partial charge in [0.25, 0.3) is 5.91 Å². The highest BCUT2D eigenvalue weighted by molar-refractivity contribution is 5.88. The van der Waals surface area contributed by atoms with E-state index in [1.807, 2.05) is 0 Å². The molecule has 1 aliphatic rings. The Morgan fingerprint density at radius 2 is 1.75 bits per heavy atom. The molecule has 2 rings (SSSR count). The number of carbonyl (C=O) groups is 2. The molecule has 5 heteroatoms. The van der Waals surface area contributed by atoms with Crippen molar-refractivity contribution in [2.75, 3.05) is 19.7 Å². The Morgan fingerprint density at radius 1 is 1.20 bits per heavy atom. The third-order valence-corrected chi connectivity index (χ3v) is 3.51. The van der Waals surface area contributed by atoms with Crippen LogP contribution in [0.15, 0.2) is 12.1 Å². The fourth-order valence-corrected chi connectivity index (χ4v) is 2.49. The van der Waals surface area contributed by atoms with Crippen LogP contribution in [0.25, 0.3) is 0 Å². The number of hydrogen-bond donors (Lipinski definition) is 1. The Bertz CT molecular complexity index is 510. The van der Waals surface area contributed by atoms with Crippen molar-refractivity contribution < 1.29 is 19.4 Å². The van der Waals surface area contributed by atoms with E-state index in [2.05, 4.69) is 0 Å². The molecule has 1 heterocycles. The Balaban J connectivity index is 2.05. The lowest BCUT2D eigenvalue weighted by molar-refractivity contribution is -0.132. The van der Waals surface area contributed by atoms with Gasteiger partial charge in [0.2, 0.25) is 0 Å². The van der Waals surface area contributed by atoms with Crippen LogP contribution in [0.1, 0.15) is 34.3 Å². The maximum Gasteiger partial charge on any atom is 0.335 e. The number of hydrogen-bond acceptors (Lipinski definition) is 3. The molecule has 1 saturated heterocycles. The zero-order valence-electron chi connectivity index (χ0n) is 11.8. The number of nitrogens with zero attached hydrogens (tertiary/aromatic N) is 1. The molecule has 1 aromatic rings. The van der Waals surface area contributed by atoms with Crippen LogP contribution in [0.2, 0.25) is 0 Å². The van der Waals surface area contributed by atoms with Crippen molar-refractivity contribution in [3.8, 4) is 5.75 Å². The smallest absolute Gasteiger partial charge is 0.335 e. The lowest BCUT2D eigenvalue weighted by Crippen LogP contribution is -2.32. The first-order chi connectivity index (χ1) is 9.49. The molecule has 0 aliphatic carbocycles. The summed E-state index contributed by atoms with van der Waals surface area (Å²) in [7, 11) is 0. The number of likely N-dealkylation sites (tertiary alicyclic amines) is 1. The third-order valence-electron chi connectivity index (χ3n) is 3.51. The number of amides is 1. The summed E-state index contributed by atoms with van der Waals surface area (Å²) in [6.45, 7) is 5.19. The molecule has 1 amide bonds. The van der Waals surface area contributed by atoms with Gasteiger partial charge in [-0.2, -0.15) is 0 Å². The first kappa shape index (κ1) is 14.4. The number of ether oxygens (including phenoxy) is 1. The number of aromatic carboxylic acids is 1. The Kier molecular flexibility index (Phi) is 4.27. The monoisotopic (exact) mass is 277 g/mol. The average Bonchev–Trinajstić information content (AvgIpc) is 2.91. The minimum atomic E-state index is -0.962. The van der Waals surface area contributed by atoms with Gasteiger partial charge in [0, 0.05) is 13.1 Å². The van der Waals surface area contributed by atoms with Crippen LogP contribution in [0.4, 0.5) is 0 Å². The molecule has 0 bridgehead atoms. The minimum absolute atomic E-state index is 0.00803. The summed E-state index contributed by atoms with van der Waals surface area (Å²) >= 11 is 0. The van der Waals surface area contributed by atoms with Gasteiger partial charge < -0.3 is 14.7 Å². The molecule has 0 radical (unpaired) electrons. The first-order valence-electron chi connectivity index (χ1n) is 6.74. The van der Waals surface area contributed by atoms with E-state index >= 15 is 0 Å². The van der Waals surface area contributed by atoms with Crippen molar-refractivity contribution in [3.05, 3.63) is 28.8 Å². The molecular weight excluding hydrogens is 258 g/mol. The fourth-order valence-electron chi connectivity index (χ4n) is 2.49. The third kappa shape index (κ3) is 3.10. The molecule has 1 N–H and O–H groups in total. The number of benzene rings is 1. The Labute approximate surface area is 118 Å². The summed E-state index contributed by atoms with van der Waals surface area (Å²) in [5.41, 5.74) is 1.70. The van der Waals surface area contributed by atoms with Crippen LogP contribution in [-0.4, -0.2) is 41.6 Å². The summed E-state index contributed by atoms with van der Waals surface area (Å²) in [6.07, 6.45) is 2.11. The van der Waals surface area contributed by atoms with Crippen molar-refractivity contribution in [3.63, 3.8) is 0 Å². The summed E-state index contributed by atoms with van der Waals surface area (Å²) in [4.78, 5) is 24.7. The van der Waals surface area contributed by atoms with Crippen LogP contribution >= 0.6 is 0 Å². The van der Waals surface area contributed by atoms with Crippen molar-refractivity contribution in [1.29, 1.82) is 0 Å². The van der Waals surface area contributed by atoms with Gasteiger partial charge >= 0.3 is 5.97 Å². The Morgan fingerprint density at radius 3 is 2.25 bits per heavy atom. The average molecular weight is 277 g/mol. The van der Waals surface area contributed by atoms with Gasteiger partial charge in [-0.1, -0.05) is 0 Å². The van der Waals surface area contributed by atoms with Gasteiger partial charge in [0.05, 0.1) is 5.56 Å². The molecule has 0 atom stereocenters. The normalized spacial score (nSPS) is 14.4. The molecule has 5 nitrogen and oxygen atoms in total. The molecule has 0 spiro atoms. The number of rotatable bonds is 4. The first-order valence-corrected chi connectivity index (χ1v) is 6.74. The number of aryl methyl sites for hydroxylation is 2. The van der Waals surface area contributed by atoms with Gasteiger partial charge in [-0.25, -0.2) is 4.79 Å². The molecule has 0 aromatic heterocycles. The van der Waals surface area contributed by atoms with E-state index in [-0.39, 0.29) is 18.1 Å². The van der Waals surface area contributed by atoms with E-state index in [1.165, 1.54) is 0 Å². The van der Waals surface area contributed by atoms with E-state index in [4.69, 9.17) is 9.84 Å². The zero-order valence-corrected chi connectivity index (χ0v) is 11.8. The highest BCUT2D eigenvalue weighted by Crippen LogP contribution is 2.25. The largest absolute Gasteiger partial charge is 0.483 e. The lowest BCUT2D eigenvalue weighted by Gasteiger charge is -2.17. The SMILES string of the molecule is Cc1cc(C(=O)O)cc(C)c1OCC(=O)N1CCCC1. The van der Waals surface area contributed by atoms with Crippen LogP contribution < -0.4 is 4.74 Å². The van der Waals surface area contributed by atoms with Crippen LogP contribution in [-0.2, 0) is 4.79 Å². The van der Waals surface area contributed by atoms with Crippen LogP contribution in [0, 0.1) is 13.8 Å². The van der Waals surface area contributed by atoms with Gasteiger partial charge in [-0.05, 0) is 49.9 Å². The maximum atomic E-state index is 11.9. The topological polar surface area (TPSA) is 66.8 Å². The predicted molar refractivity (Wildman–Crippen MR) is 74.2 cm³/mol. The molecule has 20 heavy (non-hydrogen) atoms. The maximum absolute atomic E-state index is 11.9. The van der Waals surface area contributed by atoms with Crippen LogP contribution in [0.3, 0.4) is 0 Å². The number of carbonyl (C=O) groups excluding carboxylic acids is 1. The van der Waals surface area contributed by atoms with Gasteiger partial charge in [0.1, 0.15) is 5.75 Å². The molecule has 0 unspecified atom stereocenters. The second-order valence-corrected chi connectivity index (χ2v) is 5.12. The Hall–Kier alpha value is -2.04. The molecule has 1 fully saturated rings. The second-order valence-electron chi connectivity index (χ2n) is 5.12. The van der Waals surface area contributed by atoms with Crippen molar-refractivity contribution in [2.45, 2.75) is 26.7 Å². The molecule has 108 valence electrons. The van der Waals surface area contributed by atoms with E-state index < -0.39 is 5.97 Å². The van der Waals surface area contributed by atoms with Crippen molar-refractivity contribution in [2.24, 2.45) is 0 Å². The lowest BCUT2D eigenvalue weighted by atomic mass is 10.1. The summed E-state index contributed by atoms with van der Waals surface area (Å²) in [5, 5.41) is 8.98. The molecular formula is C15H19NO4. The van der Waals surface area contributed by atoms with E-state index in [0.29, 0.717) is 5.75 Å². The summed E-state index contributed by atoms with van der Waals surface area (Å²) in [6, 6.07) is 3.12. The van der Waals surface area contributed by atoms with Crippen molar-refractivity contribution >= 4 is 11.9 Å². The van der Waals surface area contributed by atoms with Gasteiger partial charge in [0.15, 0.2) is 6.61 Å². The molecule has 0 saturated carbocycles. The minimum Gasteiger partial charge on any atom is -0.483 e. The van der Waals surface area contributed by atoms with Gasteiger partial charge in [-0.15, -0.1) is 0 Å². The van der Waals surface area contributed by atoms with E-state index in [0.717, 1.165) is 37.1 Å². The number of carboxylic acid groups (broad SMARTS) is 1.